The van der Waals surface area contributed by atoms with Crippen LogP contribution in [0.3, 0.4) is 0 Å². The maximum Gasteiger partial charge on any atom is 0.427 e. The maximum atomic E-state index is 13.4. The molecule has 1 aliphatic heterocycles. The Morgan fingerprint density at radius 3 is 1.41 bits per heavy atom. The minimum absolute atomic E-state index is 0.980. The van der Waals surface area contributed by atoms with Crippen LogP contribution in [0, 0.1) is 0 Å². The fourth-order valence-corrected chi connectivity index (χ4v) is 2.54. The molecule has 0 aromatic carbocycles. The molecule has 0 aromatic heterocycles. The van der Waals surface area contributed by atoms with Crippen LogP contribution in [-0.2, 0) is 14.3 Å². The van der Waals surface area contributed by atoms with Gasteiger partial charge in [0.1, 0.15) is 0 Å². The van der Waals surface area contributed by atoms with Gasteiger partial charge in [0.05, 0.1) is 0 Å². The summed E-state index contributed by atoms with van der Waals surface area (Å²) in [4.78, 5) is 0. The lowest BCUT2D eigenvalue weighted by atomic mass is 9.95. The van der Waals surface area contributed by atoms with E-state index in [0.29, 0.717) is 0 Å². The van der Waals surface area contributed by atoms with Crippen molar-refractivity contribution in [2.45, 2.75) is 41.7 Å². The van der Waals surface area contributed by atoms with Crippen LogP contribution in [0.1, 0.15) is 6.92 Å². The zero-order chi connectivity index (χ0) is 18.2. The Morgan fingerprint density at radius 2 is 1.18 bits per heavy atom. The van der Waals surface area contributed by atoms with Gasteiger partial charge in [-0.25, -0.2) is 4.39 Å². The molecule has 0 radical (unpaired) electrons. The first-order chi connectivity index (χ1) is 9.21. The highest BCUT2D eigenvalue weighted by atomic mass is 32.2. The topological polar surface area (TPSA) is 43.4 Å². The van der Waals surface area contributed by atoms with Crippen molar-refractivity contribution in [1.29, 1.82) is 0 Å². The maximum absolute atomic E-state index is 13.4. The largest absolute Gasteiger partial charge is 0.427 e. The van der Waals surface area contributed by atoms with Gasteiger partial charge in [-0.15, -0.1) is 0 Å². The highest BCUT2D eigenvalue weighted by Gasteiger charge is 2.98. The highest BCUT2D eigenvalue weighted by Crippen LogP contribution is 2.65. The molecule has 132 valence electrons. The first-order valence-electron chi connectivity index (χ1n) is 4.74. The third-order valence-corrected chi connectivity index (χ3v) is 4.29. The van der Waals surface area contributed by atoms with Crippen LogP contribution in [0.2, 0.25) is 0 Å². The smallest absolute Gasteiger partial charge is 0.206 e. The molecule has 0 bridgehead atoms. The molecule has 1 atom stereocenters. The Bertz CT molecular complexity index is 577. The Morgan fingerprint density at radius 1 is 0.818 bits per heavy atom. The molecule has 0 N–H and O–H groups in total. The van der Waals surface area contributed by atoms with E-state index in [4.69, 9.17) is 0 Å². The summed E-state index contributed by atoms with van der Waals surface area (Å²) in [5.41, 5.74) is 0. The molecule has 0 aliphatic carbocycles. The molecule has 1 unspecified atom stereocenters. The molecule has 3 nitrogen and oxygen atoms in total. The second-order valence-electron chi connectivity index (χ2n) is 4.26. The van der Waals surface area contributed by atoms with Gasteiger partial charge in [-0.05, 0) is 0 Å². The van der Waals surface area contributed by atoms with E-state index in [1.165, 1.54) is 0 Å². The summed E-state index contributed by atoms with van der Waals surface area (Å²) in [5, 5.41) is -6.66. The van der Waals surface area contributed by atoms with Crippen LogP contribution in [0.25, 0.3) is 0 Å². The lowest BCUT2D eigenvalue weighted by molar-refractivity contribution is -0.416. The molecule has 0 saturated carbocycles. The quantitative estimate of drug-likeness (QED) is 0.559. The van der Waals surface area contributed by atoms with Crippen molar-refractivity contribution < 1.29 is 60.9 Å². The van der Waals surface area contributed by atoms with Gasteiger partial charge in [-0.1, -0.05) is 0 Å². The molecule has 0 spiro atoms. The zero-order valence-electron chi connectivity index (χ0n) is 9.79. The third-order valence-electron chi connectivity index (χ3n) is 2.68. The SMILES string of the molecule is CC(F)(F)C(F)(F)C(F)(F)C(F)(F)C1(F)C(F)(F)OS1(=O)=O. The van der Waals surface area contributed by atoms with Crippen molar-refractivity contribution >= 4 is 10.1 Å². The number of rotatable bonds is 4. The predicted octanol–water partition coefficient (Wildman–Crippen LogP) is 3.17. The summed E-state index contributed by atoms with van der Waals surface area (Å²) in [7, 11) is -6.80. The number of halogens is 11. The van der Waals surface area contributed by atoms with E-state index in [9.17, 15) is 56.7 Å². The van der Waals surface area contributed by atoms with Gasteiger partial charge in [0.25, 0.3) is 0 Å². The Labute approximate surface area is 114 Å². The average molecular weight is 376 g/mol. The lowest BCUT2D eigenvalue weighted by Crippen LogP contribution is -2.79. The van der Waals surface area contributed by atoms with Crippen molar-refractivity contribution in [3.63, 3.8) is 0 Å². The highest BCUT2D eigenvalue weighted by molar-refractivity contribution is 7.89. The van der Waals surface area contributed by atoms with Gasteiger partial charge in [-0.2, -0.15) is 56.5 Å². The van der Waals surface area contributed by atoms with Crippen LogP contribution < -0.4 is 0 Å². The summed E-state index contributed by atoms with van der Waals surface area (Å²) >= 11 is 0. The molecule has 0 amide bonds. The van der Waals surface area contributed by atoms with Crippen LogP contribution >= 0.6 is 0 Å². The van der Waals surface area contributed by atoms with E-state index in [0.717, 1.165) is 0 Å². The van der Waals surface area contributed by atoms with E-state index >= 15 is 0 Å². The minimum Gasteiger partial charge on any atom is -0.206 e. The van der Waals surface area contributed by atoms with E-state index in [-0.39, 0.29) is 0 Å². The van der Waals surface area contributed by atoms with Gasteiger partial charge in [0.2, 0.25) is 0 Å². The van der Waals surface area contributed by atoms with E-state index < -0.39 is 51.8 Å². The lowest BCUT2D eigenvalue weighted by Gasteiger charge is -2.47. The molecule has 22 heavy (non-hydrogen) atoms. The third kappa shape index (κ3) is 1.80. The van der Waals surface area contributed by atoms with Crippen molar-refractivity contribution in [2.24, 2.45) is 0 Å². The first-order valence-corrected chi connectivity index (χ1v) is 6.15. The van der Waals surface area contributed by atoms with Crippen LogP contribution in [0.4, 0.5) is 48.3 Å². The fourth-order valence-electron chi connectivity index (χ4n) is 1.37. The van der Waals surface area contributed by atoms with Gasteiger partial charge < -0.3 is 0 Å². The van der Waals surface area contributed by atoms with Crippen molar-refractivity contribution in [3.8, 4) is 0 Å². The van der Waals surface area contributed by atoms with Gasteiger partial charge in [0.15, 0.2) is 0 Å². The summed E-state index contributed by atoms with van der Waals surface area (Å²) in [5.74, 6) is -28.0. The second-order valence-corrected chi connectivity index (χ2v) is 5.90. The number of alkyl halides is 11. The van der Waals surface area contributed by atoms with Crippen LogP contribution in [0.15, 0.2) is 0 Å². The summed E-state index contributed by atoms with van der Waals surface area (Å²) < 4.78 is 164. The Kier molecular flexibility index (Phi) is 3.62. The molecule has 1 fully saturated rings. The van der Waals surface area contributed by atoms with Gasteiger partial charge in [0, 0.05) is 6.92 Å². The van der Waals surface area contributed by atoms with Gasteiger partial charge >= 0.3 is 44.9 Å². The standard InChI is InChI=1S/C7H3F11O3S/c1-2(8,9)3(10,11)4(12,13)5(14,15)6(16)7(17,18)21-22(6,19)20/h1H3. The predicted molar refractivity (Wildman–Crippen MR) is 44.3 cm³/mol. The second kappa shape index (κ2) is 4.15. The Balaban J connectivity index is 3.60. The van der Waals surface area contributed by atoms with Gasteiger partial charge in [-0.3, -0.25) is 0 Å². The monoisotopic (exact) mass is 376 g/mol. The number of hydrogen-bond acceptors (Lipinski definition) is 3. The van der Waals surface area contributed by atoms with Crippen LogP contribution in [0.5, 0.6) is 0 Å². The van der Waals surface area contributed by atoms with E-state index in [1.54, 1.807) is 0 Å². The summed E-state index contributed by atoms with van der Waals surface area (Å²) in [6, 6.07) is 0. The summed E-state index contributed by atoms with van der Waals surface area (Å²) in [6.45, 7) is -0.980. The molecule has 1 aliphatic rings. The molecule has 1 heterocycles. The molecule has 0 aromatic rings. The van der Waals surface area contributed by atoms with E-state index in [1.807, 2.05) is 0 Å². The summed E-state index contributed by atoms with van der Waals surface area (Å²) in [6.07, 6.45) is -6.17. The molecule has 1 rings (SSSR count). The number of hydrogen-bond donors (Lipinski definition) is 0. The minimum atomic E-state index is -7.51. The molecule has 1 saturated heterocycles. The van der Waals surface area contributed by atoms with Crippen molar-refractivity contribution in [1.82, 2.24) is 0 Å². The van der Waals surface area contributed by atoms with Crippen LogP contribution in [-0.4, -0.2) is 43.2 Å². The molecular formula is C7H3F11O3S. The normalized spacial score (nSPS) is 29.1. The molecular weight excluding hydrogens is 373 g/mol. The van der Waals surface area contributed by atoms with E-state index in [2.05, 4.69) is 4.18 Å². The average Bonchev–Trinajstić information content (AvgIpc) is 2.23. The Hall–Kier alpha value is -0.860. The molecule has 15 heteroatoms. The first kappa shape index (κ1) is 19.2. The van der Waals surface area contributed by atoms with Crippen molar-refractivity contribution in [2.75, 3.05) is 0 Å². The zero-order valence-corrected chi connectivity index (χ0v) is 10.6. The fraction of sp³-hybridized carbons (Fsp3) is 1.00. The van der Waals surface area contributed by atoms with Crippen molar-refractivity contribution in [3.05, 3.63) is 0 Å².